The second kappa shape index (κ2) is 9.32. The Morgan fingerprint density at radius 2 is 1.57 bits per heavy atom. The zero-order chi connectivity index (χ0) is 20.9. The minimum atomic E-state index is -0.266. The Balaban J connectivity index is 1.41. The second-order valence-corrected chi connectivity index (χ2v) is 8.65. The predicted octanol–water partition coefficient (Wildman–Crippen LogP) is 6.26. The van der Waals surface area contributed by atoms with E-state index in [4.69, 9.17) is 4.74 Å². The molecule has 2 amide bonds. The van der Waals surface area contributed by atoms with Crippen molar-refractivity contribution in [3.63, 3.8) is 0 Å². The number of halogens is 1. The number of benzene rings is 3. The van der Waals surface area contributed by atoms with Crippen LogP contribution in [0.1, 0.15) is 16.7 Å². The maximum atomic E-state index is 12.7. The van der Waals surface area contributed by atoms with E-state index in [1.807, 2.05) is 78.9 Å². The predicted molar refractivity (Wildman–Crippen MR) is 123 cm³/mol. The van der Waals surface area contributed by atoms with E-state index in [2.05, 4.69) is 15.9 Å². The highest BCUT2D eigenvalue weighted by molar-refractivity contribution is 9.10. The molecule has 0 atom stereocenters. The number of amides is 2. The van der Waals surface area contributed by atoms with Crippen molar-refractivity contribution in [2.24, 2.45) is 0 Å². The number of rotatable bonds is 6. The molecule has 0 N–H and O–H groups in total. The van der Waals surface area contributed by atoms with Crippen LogP contribution >= 0.6 is 27.7 Å². The molecule has 1 aliphatic heterocycles. The van der Waals surface area contributed by atoms with Crippen molar-refractivity contribution in [3.8, 4) is 5.75 Å². The van der Waals surface area contributed by atoms with Crippen LogP contribution < -0.4 is 4.74 Å². The number of imide groups is 1. The molecule has 0 saturated carbocycles. The number of carbonyl (C=O) groups excluding carboxylic acids is 2. The van der Waals surface area contributed by atoms with Gasteiger partial charge >= 0.3 is 0 Å². The normalized spacial score (nSPS) is 15.1. The number of ether oxygens (including phenoxy) is 1. The van der Waals surface area contributed by atoms with Crippen molar-refractivity contribution >= 4 is 44.9 Å². The Labute approximate surface area is 187 Å². The highest BCUT2D eigenvalue weighted by Crippen LogP contribution is 2.33. The zero-order valence-electron chi connectivity index (χ0n) is 16.0. The van der Waals surface area contributed by atoms with Crippen molar-refractivity contribution in [2.45, 2.75) is 13.2 Å². The van der Waals surface area contributed by atoms with Crippen LogP contribution in [-0.4, -0.2) is 16.0 Å². The first-order valence-corrected chi connectivity index (χ1v) is 11.0. The van der Waals surface area contributed by atoms with Gasteiger partial charge in [0.05, 0.1) is 11.4 Å². The molecule has 0 aliphatic carbocycles. The number of nitrogens with zero attached hydrogens (tertiary/aromatic N) is 1. The quantitative estimate of drug-likeness (QED) is 0.391. The average Bonchev–Trinajstić information content (AvgIpc) is 3.03. The van der Waals surface area contributed by atoms with Crippen LogP contribution in [0.2, 0.25) is 0 Å². The van der Waals surface area contributed by atoms with Gasteiger partial charge < -0.3 is 4.74 Å². The molecule has 30 heavy (non-hydrogen) atoms. The lowest BCUT2D eigenvalue weighted by Crippen LogP contribution is -2.27. The lowest BCUT2D eigenvalue weighted by Gasteiger charge is -2.12. The van der Waals surface area contributed by atoms with Gasteiger partial charge in [0.1, 0.15) is 12.4 Å². The summed E-state index contributed by atoms with van der Waals surface area (Å²) in [7, 11) is 0. The molecule has 1 fully saturated rings. The van der Waals surface area contributed by atoms with E-state index in [-0.39, 0.29) is 17.7 Å². The van der Waals surface area contributed by atoms with E-state index in [1.165, 1.54) is 4.90 Å². The van der Waals surface area contributed by atoms with Crippen molar-refractivity contribution < 1.29 is 14.3 Å². The molecule has 0 aromatic heterocycles. The molecule has 4 nitrogen and oxygen atoms in total. The topological polar surface area (TPSA) is 46.6 Å². The number of hydrogen-bond donors (Lipinski definition) is 0. The first-order chi connectivity index (χ1) is 14.6. The van der Waals surface area contributed by atoms with E-state index in [1.54, 1.807) is 6.08 Å². The van der Waals surface area contributed by atoms with Crippen LogP contribution in [0, 0.1) is 0 Å². The smallest absolute Gasteiger partial charge is 0.293 e. The van der Waals surface area contributed by atoms with E-state index in [0.717, 1.165) is 38.7 Å². The van der Waals surface area contributed by atoms with Gasteiger partial charge in [0.2, 0.25) is 0 Å². The van der Waals surface area contributed by atoms with Crippen LogP contribution in [0.25, 0.3) is 6.08 Å². The summed E-state index contributed by atoms with van der Waals surface area (Å²) in [6.07, 6.45) is 1.74. The van der Waals surface area contributed by atoms with E-state index < -0.39 is 0 Å². The van der Waals surface area contributed by atoms with Gasteiger partial charge in [-0.1, -0.05) is 70.5 Å². The fourth-order valence-electron chi connectivity index (χ4n) is 2.96. The van der Waals surface area contributed by atoms with Gasteiger partial charge in [-0.15, -0.1) is 0 Å². The van der Waals surface area contributed by atoms with Crippen LogP contribution in [0.15, 0.2) is 88.2 Å². The summed E-state index contributed by atoms with van der Waals surface area (Å²) in [5.74, 6) is 0.483. The summed E-state index contributed by atoms with van der Waals surface area (Å²) in [5, 5.41) is -0.253. The summed E-state index contributed by atoms with van der Waals surface area (Å²) in [4.78, 5) is 26.7. The van der Waals surface area contributed by atoms with Gasteiger partial charge in [0.15, 0.2) is 0 Å². The van der Waals surface area contributed by atoms with Gasteiger partial charge in [-0.2, -0.15) is 0 Å². The highest BCUT2D eigenvalue weighted by Gasteiger charge is 2.34. The third-order valence-electron chi connectivity index (χ3n) is 4.55. The summed E-state index contributed by atoms with van der Waals surface area (Å²) < 4.78 is 6.74. The van der Waals surface area contributed by atoms with Crippen LogP contribution in [0.5, 0.6) is 5.75 Å². The number of carbonyl (C=O) groups is 2. The third kappa shape index (κ3) is 5.01. The molecule has 4 rings (SSSR count). The summed E-state index contributed by atoms with van der Waals surface area (Å²) in [6.45, 7) is 0.761. The zero-order valence-corrected chi connectivity index (χ0v) is 18.4. The lowest BCUT2D eigenvalue weighted by molar-refractivity contribution is -0.123. The van der Waals surface area contributed by atoms with Crippen molar-refractivity contribution in [2.75, 3.05) is 0 Å². The van der Waals surface area contributed by atoms with E-state index in [9.17, 15) is 9.59 Å². The molecule has 1 heterocycles. The Morgan fingerprint density at radius 1 is 0.867 bits per heavy atom. The molecular formula is C24H18BrNO3S. The Bertz CT molecular complexity index is 1080. The monoisotopic (exact) mass is 479 g/mol. The molecule has 150 valence electrons. The van der Waals surface area contributed by atoms with Crippen molar-refractivity contribution in [1.82, 2.24) is 4.90 Å². The van der Waals surface area contributed by atoms with Gasteiger partial charge in [-0.25, -0.2) is 0 Å². The van der Waals surface area contributed by atoms with Crippen LogP contribution in [0.3, 0.4) is 0 Å². The van der Waals surface area contributed by atoms with Crippen LogP contribution in [-0.2, 0) is 17.9 Å². The van der Waals surface area contributed by atoms with Gasteiger partial charge in [0, 0.05) is 4.47 Å². The highest BCUT2D eigenvalue weighted by atomic mass is 79.9. The second-order valence-electron chi connectivity index (χ2n) is 6.74. The maximum Gasteiger partial charge on any atom is 0.293 e. The summed E-state index contributed by atoms with van der Waals surface area (Å²) in [5.41, 5.74) is 2.85. The molecule has 3 aromatic carbocycles. The van der Waals surface area contributed by atoms with Crippen molar-refractivity contribution in [1.29, 1.82) is 0 Å². The summed E-state index contributed by atoms with van der Waals surface area (Å²) >= 11 is 4.35. The fourth-order valence-corrected chi connectivity index (χ4v) is 4.06. The van der Waals surface area contributed by atoms with E-state index >= 15 is 0 Å². The minimum Gasteiger partial charge on any atom is -0.489 e. The SMILES string of the molecule is O=C1SC(=Cc2ccc(OCc3ccccc3)cc2)C(=O)N1Cc1ccc(Br)cc1. The molecule has 6 heteroatoms. The first-order valence-electron chi connectivity index (χ1n) is 9.35. The maximum absolute atomic E-state index is 12.7. The van der Waals surface area contributed by atoms with Gasteiger partial charge in [-0.05, 0) is 58.8 Å². The lowest BCUT2D eigenvalue weighted by atomic mass is 10.2. The first kappa shape index (κ1) is 20.4. The molecule has 0 radical (unpaired) electrons. The number of thioether (sulfide) groups is 1. The number of hydrogen-bond acceptors (Lipinski definition) is 4. The molecule has 0 bridgehead atoms. The average molecular weight is 480 g/mol. The molecule has 0 unspecified atom stereocenters. The molecule has 1 saturated heterocycles. The van der Waals surface area contributed by atoms with Gasteiger partial charge in [0.25, 0.3) is 11.1 Å². The molecule has 3 aromatic rings. The molecule has 0 spiro atoms. The third-order valence-corrected chi connectivity index (χ3v) is 5.99. The summed E-state index contributed by atoms with van der Waals surface area (Å²) in [6, 6.07) is 25.0. The molecule has 1 aliphatic rings. The molecular weight excluding hydrogens is 462 g/mol. The Hall–Kier alpha value is -2.83. The van der Waals surface area contributed by atoms with Gasteiger partial charge in [-0.3, -0.25) is 14.5 Å². The standard InChI is InChI=1S/C24H18BrNO3S/c25-20-10-6-18(7-11-20)15-26-23(27)22(30-24(26)28)14-17-8-12-21(13-9-17)29-16-19-4-2-1-3-5-19/h1-14H,15-16H2. The van der Waals surface area contributed by atoms with E-state index in [0.29, 0.717) is 11.5 Å². The van der Waals surface area contributed by atoms with Crippen molar-refractivity contribution in [3.05, 3.63) is 105 Å². The largest absolute Gasteiger partial charge is 0.489 e. The minimum absolute atomic E-state index is 0.253. The fraction of sp³-hybridized carbons (Fsp3) is 0.0833. The van der Waals surface area contributed by atoms with Crippen LogP contribution in [0.4, 0.5) is 4.79 Å². The Kier molecular flexibility index (Phi) is 6.35. The Morgan fingerprint density at radius 3 is 2.27 bits per heavy atom.